The van der Waals surface area contributed by atoms with Crippen molar-refractivity contribution in [2.45, 2.75) is 32.6 Å². The molecule has 2 rings (SSSR count). The maximum Gasteiger partial charge on any atom is 0.221 e. The lowest BCUT2D eigenvalue weighted by Gasteiger charge is -2.21. The van der Waals surface area contributed by atoms with Gasteiger partial charge in [-0.2, -0.15) is 0 Å². The molecule has 126 valence electrons. The van der Waals surface area contributed by atoms with E-state index in [0.717, 1.165) is 18.8 Å². The number of hydrogen-bond acceptors (Lipinski definition) is 3. The molecule has 0 saturated carbocycles. The predicted molar refractivity (Wildman–Crippen MR) is 92.8 cm³/mol. The molecule has 1 heterocycles. The van der Waals surface area contributed by atoms with Gasteiger partial charge in [-0.1, -0.05) is 18.9 Å². The first kappa shape index (κ1) is 17.1. The van der Waals surface area contributed by atoms with Crippen molar-refractivity contribution in [2.24, 2.45) is 10.7 Å². The minimum Gasteiger partial charge on any atom is -0.492 e. The zero-order valence-electron chi connectivity index (χ0n) is 13.8. The van der Waals surface area contributed by atoms with Gasteiger partial charge in [0.05, 0.1) is 6.54 Å². The fourth-order valence-electron chi connectivity index (χ4n) is 2.59. The Kier molecular flexibility index (Phi) is 6.72. The lowest BCUT2D eigenvalue weighted by Crippen LogP contribution is -2.38. The summed E-state index contributed by atoms with van der Waals surface area (Å²) in [7, 11) is 0. The Hall–Kier alpha value is -2.24. The average Bonchev–Trinajstić information content (AvgIpc) is 2.80. The zero-order valence-corrected chi connectivity index (χ0v) is 13.8. The molecule has 0 atom stereocenters. The molecule has 6 heteroatoms. The molecule has 0 unspecified atom stereocenters. The molecule has 0 aliphatic carbocycles. The Balaban J connectivity index is 1.77. The van der Waals surface area contributed by atoms with E-state index in [1.807, 2.05) is 18.2 Å². The van der Waals surface area contributed by atoms with Gasteiger partial charge in [0.25, 0.3) is 0 Å². The van der Waals surface area contributed by atoms with Crippen LogP contribution in [0.4, 0.5) is 5.69 Å². The first-order valence-electron chi connectivity index (χ1n) is 8.20. The molecule has 1 amide bonds. The summed E-state index contributed by atoms with van der Waals surface area (Å²) < 4.78 is 5.66. The summed E-state index contributed by atoms with van der Waals surface area (Å²) in [6.07, 6.45) is 4.92. The molecule has 3 N–H and O–H groups in total. The van der Waals surface area contributed by atoms with Gasteiger partial charge in [-0.15, -0.1) is 0 Å². The fourth-order valence-corrected chi connectivity index (χ4v) is 2.59. The minimum absolute atomic E-state index is 0.100. The van der Waals surface area contributed by atoms with E-state index in [-0.39, 0.29) is 5.91 Å². The van der Waals surface area contributed by atoms with Crippen molar-refractivity contribution in [1.29, 1.82) is 0 Å². The molecule has 1 aromatic rings. The molecule has 0 radical (unpaired) electrons. The summed E-state index contributed by atoms with van der Waals surface area (Å²) in [6, 6.07) is 7.32. The van der Waals surface area contributed by atoms with Crippen LogP contribution in [-0.2, 0) is 4.79 Å². The summed E-state index contributed by atoms with van der Waals surface area (Å²) in [6.45, 7) is 4.45. The van der Waals surface area contributed by atoms with Crippen molar-refractivity contribution in [1.82, 2.24) is 4.90 Å². The van der Waals surface area contributed by atoms with E-state index in [4.69, 9.17) is 10.5 Å². The van der Waals surface area contributed by atoms with Crippen LogP contribution in [0.15, 0.2) is 29.3 Å². The van der Waals surface area contributed by atoms with E-state index < -0.39 is 0 Å². The number of carbonyl (C=O) groups is 1. The highest BCUT2D eigenvalue weighted by Gasteiger charge is 2.10. The van der Waals surface area contributed by atoms with Gasteiger partial charge in [0, 0.05) is 31.8 Å². The zero-order chi connectivity index (χ0) is 16.5. The Morgan fingerprint density at radius 1 is 1.30 bits per heavy atom. The molecule has 6 nitrogen and oxygen atoms in total. The minimum atomic E-state index is -0.100. The second kappa shape index (κ2) is 9.02. The van der Waals surface area contributed by atoms with Gasteiger partial charge < -0.3 is 20.7 Å². The average molecular weight is 318 g/mol. The van der Waals surface area contributed by atoms with Gasteiger partial charge in [0.2, 0.25) is 5.91 Å². The van der Waals surface area contributed by atoms with Crippen molar-refractivity contribution < 1.29 is 9.53 Å². The first-order chi connectivity index (χ1) is 11.1. The monoisotopic (exact) mass is 318 g/mol. The third-order valence-electron chi connectivity index (χ3n) is 3.72. The predicted octanol–water partition coefficient (Wildman–Crippen LogP) is 2.21. The molecule has 1 aliphatic heterocycles. The maximum atomic E-state index is 11.0. The van der Waals surface area contributed by atoms with E-state index in [9.17, 15) is 4.79 Å². The molecule has 0 bridgehead atoms. The van der Waals surface area contributed by atoms with Crippen LogP contribution in [0.5, 0.6) is 5.75 Å². The quantitative estimate of drug-likeness (QED) is 0.495. The van der Waals surface area contributed by atoms with Gasteiger partial charge in [0.15, 0.2) is 5.96 Å². The number of nitrogens with two attached hydrogens (primary N) is 1. The molecule has 0 aromatic heterocycles. The van der Waals surface area contributed by atoms with Crippen molar-refractivity contribution in [3.63, 3.8) is 0 Å². The molecule has 1 aromatic carbocycles. The van der Waals surface area contributed by atoms with Crippen LogP contribution in [0.1, 0.15) is 32.6 Å². The molecular weight excluding hydrogens is 292 g/mol. The number of likely N-dealkylation sites (tertiary alicyclic amines) is 1. The van der Waals surface area contributed by atoms with Crippen LogP contribution in [0.25, 0.3) is 0 Å². The lowest BCUT2D eigenvalue weighted by molar-refractivity contribution is -0.114. The number of anilines is 1. The molecule has 0 spiro atoms. The number of guanidine groups is 1. The molecule has 23 heavy (non-hydrogen) atoms. The summed E-state index contributed by atoms with van der Waals surface area (Å²) >= 11 is 0. The van der Waals surface area contributed by atoms with Crippen LogP contribution in [-0.4, -0.2) is 43.0 Å². The maximum absolute atomic E-state index is 11.0. The van der Waals surface area contributed by atoms with Crippen molar-refractivity contribution in [3.05, 3.63) is 24.3 Å². The Morgan fingerprint density at radius 2 is 2.04 bits per heavy atom. The van der Waals surface area contributed by atoms with Gasteiger partial charge in [0.1, 0.15) is 12.4 Å². The number of nitrogens with one attached hydrogen (secondary N) is 1. The molecule has 1 saturated heterocycles. The van der Waals surface area contributed by atoms with E-state index in [0.29, 0.717) is 24.9 Å². The SMILES string of the molecule is CC(=O)Nc1cccc(OCCN=C(N)N2CCCCCC2)c1. The van der Waals surface area contributed by atoms with Crippen LogP contribution in [0, 0.1) is 0 Å². The standard InChI is InChI=1S/C17H26N4O2/c1-14(22)20-15-7-6-8-16(13-15)23-12-9-19-17(18)21-10-4-2-3-5-11-21/h6-8,13H,2-5,9-12H2,1H3,(H2,18,19)(H,20,22). The highest BCUT2D eigenvalue weighted by Crippen LogP contribution is 2.17. The summed E-state index contributed by atoms with van der Waals surface area (Å²) in [4.78, 5) is 17.6. The van der Waals surface area contributed by atoms with Crippen molar-refractivity contribution >= 4 is 17.6 Å². The topological polar surface area (TPSA) is 79.9 Å². The number of carbonyl (C=O) groups excluding carboxylic acids is 1. The number of aliphatic imine (C=N–C) groups is 1. The van der Waals surface area contributed by atoms with E-state index in [1.165, 1.54) is 32.6 Å². The molecular formula is C17H26N4O2. The number of nitrogens with zero attached hydrogens (tertiary/aromatic N) is 2. The number of benzene rings is 1. The van der Waals surface area contributed by atoms with Crippen LogP contribution < -0.4 is 15.8 Å². The smallest absolute Gasteiger partial charge is 0.221 e. The molecule has 1 fully saturated rings. The fraction of sp³-hybridized carbons (Fsp3) is 0.529. The van der Waals surface area contributed by atoms with E-state index in [1.54, 1.807) is 6.07 Å². The van der Waals surface area contributed by atoms with Gasteiger partial charge >= 0.3 is 0 Å². The summed E-state index contributed by atoms with van der Waals surface area (Å²) in [5, 5.41) is 2.73. The van der Waals surface area contributed by atoms with E-state index >= 15 is 0 Å². The summed E-state index contributed by atoms with van der Waals surface area (Å²) in [5.41, 5.74) is 6.77. The van der Waals surface area contributed by atoms with Crippen molar-refractivity contribution in [2.75, 3.05) is 31.6 Å². The normalized spacial score (nSPS) is 15.9. The highest BCUT2D eigenvalue weighted by atomic mass is 16.5. The third-order valence-corrected chi connectivity index (χ3v) is 3.72. The van der Waals surface area contributed by atoms with Gasteiger partial charge in [-0.25, -0.2) is 4.99 Å². The number of amides is 1. The summed E-state index contributed by atoms with van der Waals surface area (Å²) in [5.74, 6) is 1.22. The van der Waals surface area contributed by atoms with Crippen LogP contribution >= 0.6 is 0 Å². The number of rotatable bonds is 5. The Morgan fingerprint density at radius 3 is 2.74 bits per heavy atom. The number of ether oxygens (including phenoxy) is 1. The van der Waals surface area contributed by atoms with Gasteiger partial charge in [-0.3, -0.25) is 4.79 Å². The lowest BCUT2D eigenvalue weighted by atomic mass is 10.2. The van der Waals surface area contributed by atoms with Crippen LogP contribution in [0.3, 0.4) is 0 Å². The largest absolute Gasteiger partial charge is 0.492 e. The Bertz CT molecular complexity index is 537. The second-order valence-electron chi connectivity index (χ2n) is 5.70. The first-order valence-corrected chi connectivity index (χ1v) is 8.20. The van der Waals surface area contributed by atoms with E-state index in [2.05, 4.69) is 15.2 Å². The van der Waals surface area contributed by atoms with Crippen molar-refractivity contribution in [3.8, 4) is 5.75 Å². The second-order valence-corrected chi connectivity index (χ2v) is 5.70. The highest BCUT2D eigenvalue weighted by molar-refractivity contribution is 5.88. The third kappa shape index (κ3) is 6.18. The van der Waals surface area contributed by atoms with Crippen LogP contribution in [0.2, 0.25) is 0 Å². The van der Waals surface area contributed by atoms with Gasteiger partial charge in [-0.05, 0) is 25.0 Å². The Labute approximate surface area is 137 Å². The number of hydrogen-bond donors (Lipinski definition) is 2. The molecule has 1 aliphatic rings.